The van der Waals surface area contributed by atoms with Crippen molar-refractivity contribution >= 4 is 33.1 Å². The van der Waals surface area contributed by atoms with Gasteiger partial charge in [0.2, 0.25) is 0 Å². The minimum atomic E-state index is -0.890. The van der Waals surface area contributed by atoms with E-state index in [0.717, 1.165) is 140 Å². The first-order valence-corrected chi connectivity index (χ1v) is 46.3. The third-order valence-electron chi connectivity index (χ3n) is 23.8. The summed E-state index contributed by atoms with van der Waals surface area (Å²) in [7, 11) is 3.34. The number of halogens is 4. The van der Waals surface area contributed by atoms with Gasteiger partial charge in [-0.25, -0.2) is 22.3 Å². The van der Waals surface area contributed by atoms with Crippen LogP contribution in [-0.4, -0.2) is 75.6 Å². The summed E-state index contributed by atoms with van der Waals surface area (Å²) < 4.78 is 68.2. The smallest absolute Gasteiger partial charge is 0.517 e. The number of hydrogen-bond acceptors (Lipinski definition) is 14. The summed E-state index contributed by atoms with van der Waals surface area (Å²) in [6.45, 7) is 8.76. The molecule has 0 fully saturated rings. The van der Waals surface area contributed by atoms with E-state index in [1.165, 1.54) is 12.4 Å². The van der Waals surface area contributed by atoms with Crippen molar-refractivity contribution in [3.05, 3.63) is 563 Å². The zero-order valence-electron chi connectivity index (χ0n) is 81.0. The summed E-state index contributed by atoms with van der Waals surface area (Å²) in [5, 5.41) is 3.31. The fraction of sp³-hybridized carbons (Fsp3) is 0.0952. The molecule has 21 rings (SSSR count). The van der Waals surface area contributed by atoms with Crippen LogP contribution in [0.3, 0.4) is 0 Å². The average Bonchev–Trinajstić information content (AvgIpc) is 0.755. The Morgan fingerprint density at radius 1 is 0.268 bits per heavy atom. The van der Waals surface area contributed by atoms with E-state index in [1.807, 2.05) is 170 Å². The van der Waals surface area contributed by atoms with Crippen molar-refractivity contribution in [2.75, 3.05) is 14.2 Å². The Labute approximate surface area is 936 Å². The molecular formula is C126H90F4N10O4Pt5. The molecule has 14 nitrogen and oxygen atoms in total. The van der Waals surface area contributed by atoms with Crippen LogP contribution in [0.2, 0.25) is 0 Å². The van der Waals surface area contributed by atoms with Gasteiger partial charge in [-0.3, -0.25) is 47.5 Å². The fourth-order valence-electron chi connectivity index (χ4n) is 16.1. The van der Waals surface area contributed by atoms with Crippen LogP contribution in [0.15, 0.2) is 390 Å². The molecule has 0 unspecified atom stereocenters. The van der Waals surface area contributed by atoms with Crippen LogP contribution in [0, 0.1) is 83.9 Å². The van der Waals surface area contributed by atoms with Crippen molar-refractivity contribution in [2.24, 2.45) is 0 Å². The zero-order valence-corrected chi connectivity index (χ0v) is 92.3. The summed E-state index contributed by atoms with van der Waals surface area (Å²) in [5.41, 5.74) is 19.7. The van der Waals surface area contributed by atoms with Gasteiger partial charge < -0.3 is 39.0 Å². The quantitative estimate of drug-likeness (QED) is 0.0241. The van der Waals surface area contributed by atoms with Gasteiger partial charge in [0.25, 0.3) is 0 Å². The number of nitrogens with zero attached hydrogens (tertiary/aromatic N) is 10. The maximum atomic E-state index is 14.4. The summed E-state index contributed by atoms with van der Waals surface area (Å²) in [6, 6.07) is 134. The maximum absolute atomic E-state index is 14.4. The number of ketones is 2. The average molecular weight is 2860 g/mol. The Kier molecular flexibility index (Phi) is 41.4. The minimum absolute atomic E-state index is 0. The largest absolute Gasteiger partial charge is 2.00 e. The number of methoxy groups -OCH3 is 2. The molecule has 23 heteroatoms. The monoisotopic (exact) mass is 2860 g/mol. The Hall–Kier alpha value is -14.5. The maximum Gasteiger partial charge on any atom is 2.00 e. The van der Waals surface area contributed by atoms with Gasteiger partial charge in [-0.2, -0.15) is 71.4 Å². The minimum Gasteiger partial charge on any atom is -0.517 e. The molecule has 0 saturated carbocycles. The van der Waals surface area contributed by atoms with Crippen molar-refractivity contribution in [3.63, 3.8) is 0 Å². The van der Waals surface area contributed by atoms with Crippen LogP contribution < -0.4 is 9.47 Å². The fourth-order valence-corrected chi connectivity index (χ4v) is 16.1. The normalized spacial score (nSPS) is 10.6. The summed E-state index contributed by atoms with van der Waals surface area (Å²) in [5.74, 6) is -2.29. The number of benzene rings is 11. The van der Waals surface area contributed by atoms with Gasteiger partial charge in [-0.05, 0) is 146 Å². The third kappa shape index (κ3) is 29.4. The molecule has 0 amide bonds. The van der Waals surface area contributed by atoms with Gasteiger partial charge in [0, 0.05) is 130 Å². The second-order valence-corrected chi connectivity index (χ2v) is 34.4. The van der Waals surface area contributed by atoms with Crippen molar-refractivity contribution < 1.29 is 142 Å². The molecular weight excluding hydrogens is 2770 g/mol. The molecule has 21 aromatic rings. The molecule has 0 atom stereocenters. The molecule has 149 heavy (non-hydrogen) atoms. The van der Waals surface area contributed by atoms with Gasteiger partial charge in [0.1, 0.15) is 11.6 Å². The predicted octanol–water partition coefficient (Wildman–Crippen LogP) is 26.7. The number of hydrogen-bond donors (Lipinski definition) is 0. The Balaban J connectivity index is 0.000000164. The van der Waals surface area contributed by atoms with Gasteiger partial charge in [-0.15, -0.1) is 177 Å². The molecule has 746 valence electrons. The molecule has 10 heterocycles. The molecule has 0 saturated heterocycles. The predicted molar refractivity (Wildman–Crippen MR) is 553 cm³/mol. The molecule has 0 bridgehead atoms. The Bertz CT molecular complexity index is 7540. The molecule has 11 aromatic carbocycles. The van der Waals surface area contributed by atoms with E-state index in [2.05, 4.69) is 211 Å². The van der Waals surface area contributed by atoms with Crippen LogP contribution in [0.25, 0.3) is 88.8 Å². The van der Waals surface area contributed by atoms with E-state index in [0.29, 0.717) is 47.5 Å². The van der Waals surface area contributed by atoms with Gasteiger partial charge >= 0.3 is 105 Å². The van der Waals surface area contributed by atoms with Crippen molar-refractivity contribution in [1.29, 1.82) is 0 Å². The Morgan fingerprint density at radius 3 is 0.940 bits per heavy atom. The van der Waals surface area contributed by atoms with Crippen LogP contribution >= 0.6 is 0 Å². The second kappa shape index (κ2) is 54.5. The van der Waals surface area contributed by atoms with Crippen LogP contribution in [0.4, 0.5) is 17.6 Å². The van der Waals surface area contributed by atoms with Crippen molar-refractivity contribution in [2.45, 2.75) is 64.2 Å². The first-order chi connectivity index (χ1) is 70.2. The summed E-state index contributed by atoms with van der Waals surface area (Å²) in [4.78, 5) is 68.8. The zero-order chi connectivity index (χ0) is 99.7. The van der Waals surface area contributed by atoms with E-state index in [1.54, 1.807) is 136 Å². The first kappa shape index (κ1) is 113. The molecule has 0 N–H and O–H groups in total. The summed E-state index contributed by atoms with van der Waals surface area (Å²) in [6.07, 6.45) is 18.9. The molecule has 0 aliphatic rings. The van der Waals surface area contributed by atoms with Crippen molar-refractivity contribution in [3.8, 4) is 78.8 Å². The Morgan fingerprint density at radius 2 is 0.597 bits per heavy atom. The SMILES string of the molecule is CC(C)(c1[c-]c(-c2[c-]c(C(C)(C)c3ccccn3)ccc2)ccc1)c1ccccn1.COc1cc(Cc2ccccn2)[c-]c(-c2[c-]c(Cc3ccccn3)cc(OC)c2)c1.Fc1cc(F)c(-c2ccccn2)[c-]c1Cc1[c-]c(-c2ccccn2)c(F)cc1F.O=C(c1[c-]c2c(cc1)ccc1ccc(C(=O)c3ccccn3)[c-]c12)c1ccccn1.[Pt+2].[Pt+2].[Pt+2].[Pt+2].[Pt+2].[c-]1c(Cc2[c-]c(-c3ccccn3)ccc2)cccc1-c1ccccn1. The molecule has 0 spiro atoms. The standard InChI is InChI=1S/C28H26N2.C26H14N2O2.C26H22N2O2.C23H12F4N2.C23H16N2.5Pt/c1-27(2,25-15-5-7-17-29-25)23-13-9-11-21(19-23)22-12-10-14-24(20-22)28(3,4)26-16-6-8-18-30-26;29-25(23-5-1-3-13-27-23)19-11-9-17-7-8-18-10-12-20(16-22(18)21(17)15-19)26(30)24-6-2-4-14-28-24;1-29-25-15-19(13-23-7-3-5-9-27-23)11-21(17-25)22-12-20(16-26(18-22)30-2)14-24-8-4-6-10-28-24;24-18-12-20(26)16(22-5-1-3-7-28-22)10-14(18)9-15-11-17(21(27)13-19(15)25)23-6-2-4-8-29-23;1-3-13-24-22(11-1)20-9-5-7-18(16-20)15-19-8-6-10-21(17-19)23-12-2-4-14-25-23;;;;;/h5-18H,1-4H3;1-14H;3-10,15-18H,13-14H2,1-2H3;1-8,12-13H,9H2;1-14H,15H2;;;;;/q5*-2;5*+2. The number of ether oxygens (including phenoxy) is 2. The summed E-state index contributed by atoms with van der Waals surface area (Å²) >= 11 is 0. The number of rotatable bonds is 24. The second-order valence-electron chi connectivity index (χ2n) is 34.4. The van der Waals surface area contributed by atoms with E-state index >= 15 is 0 Å². The van der Waals surface area contributed by atoms with E-state index in [9.17, 15) is 27.2 Å². The molecule has 0 aliphatic heterocycles. The van der Waals surface area contributed by atoms with Crippen molar-refractivity contribution in [1.82, 2.24) is 49.8 Å². The third-order valence-corrected chi connectivity index (χ3v) is 23.8. The number of aromatic nitrogens is 10. The number of pyridine rings is 10. The number of carbonyl (C=O) groups excluding carboxylic acids is 2. The van der Waals surface area contributed by atoms with Crippen LogP contribution in [0.5, 0.6) is 11.5 Å². The van der Waals surface area contributed by atoms with Gasteiger partial charge in [0.05, 0.1) is 25.6 Å². The van der Waals surface area contributed by atoms with E-state index in [4.69, 9.17) is 9.47 Å². The molecule has 10 aromatic heterocycles. The molecule has 0 aliphatic carbocycles. The topological polar surface area (TPSA) is 181 Å². The van der Waals surface area contributed by atoms with Gasteiger partial charge in [0.15, 0.2) is 0 Å². The van der Waals surface area contributed by atoms with E-state index < -0.39 is 23.3 Å². The number of carbonyl (C=O) groups is 2. The number of fused-ring (bicyclic) bond motifs is 3. The van der Waals surface area contributed by atoms with Crippen LogP contribution in [-0.2, 0) is 142 Å². The first-order valence-electron chi connectivity index (χ1n) is 46.3. The van der Waals surface area contributed by atoms with Crippen LogP contribution in [0.1, 0.15) is 127 Å². The van der Waals surface area contributed by atoms with E-state index in [-0.39, 0.29) is 168 Å². The van der Waals surface area contributed by atoms with Gasteiger partial charge in [-0.1, -0.05) is 170 Å². The molecule has 0 radical (unpaired) electrons.